The number of pyridine rings is 1. The number of hydrogen-bond acceptors (Lipinski definition) is 5. The molecule has 7 nitrogen and oxygen atoms in total. The van der Waals surface area contributed by atoms with E-state index in [9.17, 15) is 4.79 Å². The number of aromatic nitrogens is 3. The molecule has 0 unspecified atom stereocenters. The summed E-state index contributed by atoms with van der Waals surface area (Å²) in [5.74, 6) is 0.767. The molecule has 0 aromatic carbocycles. The monoisotopic (exact) mass is 342 g/mol. The average Bonchev–Trinajstić information content (AvgIpc) is 3.04. The SMILES string of the molecule is CN1CCC(n2nccc2NC(=O)CN(C)Cc2ccncc2)CC1. The molecule has 0 saturated carbocycles. The molecule has 25 heavy (non-hydrogen) atoms. The van der Waals surface area contributed by atoms with Crippen molar-refractivity contribution < 1.29 is 4.79 Å². The smallest absolute Gasteiger partial charge is 0.239 e. The van der Waals surface area contributed by atoms with Crippen LogP contribution in [0.2, 0.25) is 0 Å². The van der Waals surface area contributed by atoms with Crippen LogP contribution in [0.5, 0.6) is 0 Å². The summed E-state index contributed by atoms with van der Waals surface area (Å²) in [5, 5.41) is 7.44. The van der Waals surface area contributed by atoms with Gasteiger partial charge >= 0.3 is 0 Å². The highest BCUT2D eigenvalue weighted by Gasteiger charge is 2.21. The number of carbonyl (C=O) groups excluding carboxylic acids is 1. The first kappa shape index (κ1) is 17.6. The van der Waals surface area contributed by atoms with Gasteiger partial charge in [-0.2, -0.15) is 5.10 Å². The maximum absolute atomic E-state index is 12.4. The second kappa shape index (κ2) is 8.22. The molecule has 0 spiro atoms. The van der Waals surface area contributed by atoms with Crippen LogP contribution in [0.4, 0.5) is 5.82 Å². The topological polar surface area (TPSA) is 66.3 Å². The number of rotatable bonds is 6. The number of hydrogen-bond donors (Lipinski definition) is 1. The second-order valence-corrected chi connectivity index (χ2v) is 6.77. The maximum Gasteiger partial charge on any atom is 0.239 e. The fourth-order valence-corrected chi connectivity index (χ4v) is 3.23. The van der Waals surface area contributed by atoms with Crippen molar-refractivity contribution in [2.45, 2.75) is 25.4 Å². The van der Waals surface area contributed by atoms with Crippen LogP contribution in [-0.2, 0) is 11.3 Å². The standard InChI is InChI=1S/C18H26N6O/c1-22-11-6-16(7-12-22)24-17(5-10-20-24)21-18(25)14-23(2)13-15-3-8-19-9-4-15/h3-5,8-10,16H,6-7,11-14H2,1-2H3,(H,21,25). The van der Waals surface area contributed by atoms with E-state index in [0.717, 1.165) is 37.3 Å². The lowest BCUT2D eigenvalue weighted by molar-refractivity contribution is -0.117. The third kappa shape index (κ3) is 4.87. The Labute approximate surface area is 148 Å². The highest BCUT2D eigenvalue weighted by atomic mass is 16.2. The lowest BCUT2D eigenvalue weighted by atomic mass is 10.1. The summed E-state index contributed by atoms with van der Waals surface area (Å²) in [6.07, 6.45) is 7.41. The molecule has 0 bridgehead atoms. The molecule has 0 radical (unpaired) electrons. The van der Waals surface area contributed by atoms with E-state index in [1.807, 2.05) is 34.8 Å². The van der Waals surface area contributed by atoms with Gasteiger partial charge in [0.1, 0.15) is 5.82 Å². The van der Waals surface area contributed by atoms with Crippen LogP contribution in [0.15, 0.2) is 36.8 Å². The van der Waals surface area contributed by atoms with Crippen LogP contribution in [0, 0.1) is 0 Å². The number of likely N-dealkylation sites (tertiary alicyclic amines) is 1. The Balaban J connectivity index is 1.54. The number of likely N-dealkylation sites (N-methyl/N-ethyl adjacent to an activating group) is 1. The second-order valence-electron chi connectivity index (χ2n) is 6.77. The fraction of sp³-hybridized carbons (Fsp3) is 0.500. The van der Waals surface area contributed by atoms with Crippen LogP contribution < -0.4 is 5.32 Å². The third-order valence-electron chi connectivity index (χ3n) is 4.59. The molecule has 134 valence electrons. The van der Waals surface area contributed by atoms with Gasteiger partial charge in [0.05, 0.1) is 18.8 Å². The lowest BCUT2D eigenvalue weighted by Gasteiger charge is -2.30. The fourth-order valence-electron chi connectivity index (χ4n) is 3.23. The summed E-state index contributed by atoms with van der Waals surface area (Å²) < 4.78 is 1.97. The number of piperidine rings is 1. The van der Waals surface area contributed by atoms with Crippen LogP contribution >= 0.6 is 0 Å². The van der Waals surface area contributed by atoms with E-state index >= 15 is 0 Å². The minimum Gasteiger partial charge on any atom is -0.310 e. The van der Waals surface area contributed by atoms with Crippen LogP contribution in [-0.4, -0.2) is 64.2 Å². The van der Waals surface area contributed by atoms with Gasteiger partial charge < -0.3 is 10.2 Å². The van der Waals surface area contributed by atoms with Gasteiger partial charge in [0.2, 0.25) is 5.91 Å². The molecular formula is C18H26N6O. The van der Waals surface area contributed by atoms with Crippen molar-refractivity contribution in [1.29, 1.82) is 0 Å². The predicted octanol–water partition coefficient (Wildman–Crippen LogP) is 1.62. The minimum atomic E-state index is -0.0220. The molecule has 1 fully saturated rings. The summed E-state index contributed by atoms with van der Waals surface area (Å²) in [7, 11) is 4.08. The van der Waals surface area contributed by atoms with Gasteiger partial charge in [-0.3, -0.25) is 14.7 Å². The Bertz CT molecular complexity index is 678. The molecule has 2 aromatic heterocycles. The number of carbonyl (C=O) groups is 1. The van der Waals surface area contributed by atoms with E-state index in [1.54, 1.807) is 18.6 Å². The molecule has 1 aliphatic rings. The largest absolute Gasteiger partial charge is 0.310 e. The molecular weight excluding hydrogens is 316 g/mol. The molecule has 0 aliphatic carbocycles. The predicted molar refractivity (Wildman–Crippen MR) is 97.2 cm³/mol. The van der Waals surface area contributed by atoms with Gasteiger partial charge in [-0.1, -0.05) is 0 Å². The van der Waals surface area contributed by atoms with E-state index in [2.05, 4.69) is 27.3 Å². The van der Waals surface area contributed by atoms with Crippen molar-refractivity contribution in [2.24, 2.45) is 0 Å². The lowest BCUT2D eigenvalue weighted by Crippen LogP contribution is -2.34. The molecule has 1 aliphatic heterocycles. The highest BCUT2D eigenvalue weighted by Crippen LogP contribution is 2.24. The van der Waals surface area contributed by atoms with Gasteiger partial charge in [-0.05, 0) is 57.7 Å². The van der Waals surface area contributed by atoms with Gasteiger partial charge in [0, 0.05) is 25.0 Å². The van der Waals surface area contributed by atoms with E-state index in [1.165, 1.54) is 0 Å². The normalized spacial score (nSPS) is 16.3. The van der Waals surface area contributed by atoms with Crippen molar-refractivity contribution in [3.63, 3.8) is 0 Å². The Morgan fingerprint density at radius 3 is 2.68 bits per heavy atom. The first-order chi connectivity index (χ1) is 12.1. The molecule has 1 amide bonds. The summed E-state index contributed by atoms with van der Waals surface area (Å²) in [6, 6.07) is 6.16. The van der Waals surface area contributed by atoms with E-state index < -0.39 is 0 Å². The summed E-state index contributed by atoms with van der Waals surface area (Å²) in [6.45, 7) is 3.17. The van der Waals surface area contributed by atoms with Crippen LogP contribution in [0.25, 0.3) is 0 Å². The molecule has 0 atom stereocenters. The first-order valence-corrected chi connectivity index (χ1v) is 8.71. The third-order valence-corrected chi connectivity index (χ3v) is 4.59. The zero-order chi connectivity index (χ0) is 17.6. The molecule has 3 rings (SSSR count). The summed E-state index contributed by atoms with van der Waals surface area (Å²) in [4.78, 5) is 20.7. The van der Waals surface area contributed by atoms with E-state index in [-0.39, 0.29) is 5.91 Å². The van der Waals surface area contributed by atoms with Gasteiger partial charge in [0.15, 0.2) is 0 Å². The number of amides is 1. The number of anilines is 1. The molecule has 2 aromatic rings. The Morgan fingerprint density at radius 1 is 1.24 bits per heavy atom. The highest BCUT2D eigenvalue weighted by molar-refractivity contribution is 5.91. The number of nitrogens with one attached hydrogen (secondary N) is 1. The van der Waals surface area contributed by atoms with Gasteiger partial charge in [-0.25, -0.2) is 4.68 Å². The Morgan fingerprint density at radius 2 is 1.96 bits per heavy atom. The quantitative estimate of drug-likeness (QED) is 0.864. The van der Waals surface area contributed by atoms with Crippen molar-refractivity contribution in [1.82, 2.24) is 24.6 Å². The maximum atomic E-state index is 12.4. The Kier molecular flexibility index (Phi) is 5.78. The van der Waals surface area contributed by atoms with Gasteiger partial charge in [-0.15, -0.1) is 0 Å². The van der Waals surface area contributed by atoms with E-state index in [0.29, 0.717) is 19.1 Å². The summed E-state index contributed by atoms with van der Waals surface area (Å²) >= 11 is 0. The van der Waals surface area contributed by atoms with Crippen molar-refractivity contribution in [3.8, 4) is 0 Å². The molecule has 1 N–H and O–H groups in total. The molecule has 1 saturated heterocycles. The van der Waals surface area contributed by atoms with Crippen LogP contribution in [0.1, 0.15) is 24.4 Å². The van der Waals surface area contributed by atoms with Crippen molar-refractivity contribution >= 4 is 11.7 Å². The number of nitrogens with zero attached hydrogens (tertiary/aromatic N) is 5. The Hall–Kier alpha value is -2.25. The van der Waals surface area contributed by atoms with Crippen molar-refractivity contribution in [2.75, 3.05) is 39.0 Å². The van der Waals surface area contributed by atoms with E-state index in [4.69, 9.17) is 0 Å². The van der Waals surface area contributed by atoms with Gasteiger partial charge in [0.25, 0.3) is 0 Å². The van der Waals surface area contributed by atoms with Crippen molar-refractivity contribution in [3.05, 3.63) is 42.4 Å². The summed E-state index contributed by atoms with van der Waals surface area (Å²) in [5.41, 5.74) is 1.14. The first-order valence-electron chi connectivity index (χ1n) is 8.71. The minimum absolute atomic E-state index is 0.0220. The zero-order valence-corrected chi connectivity index (χ0v) is 14.9. The molecule has 3 heterocycles. The average molecular weight is 342 g/mol. The zero-order valence-electron chi connectivity index (χ0n) is 14.9. The molecule has 7 heteroatoms. The van der Waals surface area contributed by atoms with Crippen LogP contribution in [0.3, 0.4) is 0 Å².